The molecule has 1 saturated carbocycles. The van der Waals surface area contributed by atoms with Crippen LogP contribution in [0.4, 0.5) is 0 Å². The smallest absolute Gasteiger partial charge is 0.162 e. The second kappa shape index (κ2) is 3.30. The van der Waals surface area contributed by atoms with Gasteiger partial charge in [-0.25, -0.2) is 0 Å². The number of ketones is 1. The Bertz CT molecular complexity index is 295. The summed E-state index contributed by atoms with van der Waals surface area (Å²) in [5, 5.41) is 4.04. The minimum atomic E-state index is -0.185. The van der Waals surface area contributed by atoms with E-state index >= 15 is 0 Å². The summed E-state index contributed by atoms with van der Waals surface area (Å²) in [7, 11) is 0. The molecule has 0 aliphatic heterocycles. The quantitative estimate of drug-likeness (QED) is 0.691. The lowest BCUT2D eigenvalue weighted by atomic mass is 9.87. The Morgan fingerprint density at radius 1 is 1.77 bits per heavy atom. The van der Waals surface area contributed by atoms with E-state index in [9.17, 15) is 4.79 Å². The van der Waals surface area contributed by atoms with Crippen molar-refractivity contribution in [2.45, 2.75) is 25.5 Å². The molecule has 13 heavy (non-hydrogen) atoms. The maximum atomic E-state index is 11.3. The van der Waals surface area contributed by atoms with Gasteiger partial charge in [0.15, 0.2) is 5.78 Å². The number of rotatable bonds is 3. The molecule has 2 atom stereocenters. The normalized spacial score (nSPS) is 27.3. The molecule has 0 N–H and O–H groups in total. The number of nitrogens with zero attached hydrogens (tertiary/aromatic N) is 2. The molecule has 0 saturated heterocycles. The summed E-state index contributed by atoms with van der Waals surface area (Å²) in [6.07, 6.45) is 4.03. The lowest BCUT2D eigenvalue weighted by Gasteiger charge is -2.34. The Hall–Kier alpha value is -1.16. The summed E-state index contributed by atoms with van der Waals surface area (Å²) in [5.41, 5.74) is 0. The van der Waals surface area contributed by atoms with Crippen LogP contribution in [0, 0.1) is 0 Å². The molecule has 1 aromatic heterocycles. The van der Waals surface area contributed by atoms with Crippen molar-refractivity contribution >= 4 is 5.78 Å². The Morgan fingerprint density at radius 2 is 2.62 bits per heavy atom. The highest BCUT2D eigenvalue weighted by atomic mass is 16.5. The van der Waals surface area contributed by atoms with Crippen LogP contribution in [0.2, 0.25) is 0 Å². The SMILES string of the molecule is CCO[C@H]1CC(=O)[C@@H]1n1cccn1. The van der Waals surface area contributed by atoms with Crippen LogP contribution < -0.4 is 0 Å². The number of carbonyl (C=O) groups is 1. The Balaban J connectivity index is 2.09. The topological polar surface area (TPSA) is 44.1 Å². The van der Waals surface area contributed by atoms with Crippen molar-refractivity contribution in [3.8, 4) is 0 Å². The van der Waals surface area contributed by atoms with Gasteiger partial charge in [0.2, 0.25) is 0 Å². The van der Waals surface area contributed by atoms with Crippen molar-refractivity contribution in [3.63, 3.8) is 0 Å². The van der Waals surface area contributed by atoms with Crippen molar-refractivity contribution in [2.24, 2.45) is 0 Å². The molecule has 1 aromatic rings. The van der Waals surface area contributed by atoms with E-state index in [4.69, 9.17) is 4.74 Å². The van der Waals surface area contributed by atoms with E-state index < -0.39 is 0 Å². The molecular weight excluding hydrogens is 168 g/mol. The molecule has 2 rings (SSSR count). The van der Waals surface area contributed by atoms with Crippen molar-refractivity contribution in [3.05, 3.63) is 18.5 Å². The van der Waals surface area contributed by atoms with Gasteiger partial charge in [-0.15, -0.1) is 0 Å². The van der Waals surface area contributed by atoms with Crippen molar-refractivity contribution < 1.29 is 9.53 Å². The maximum Gasteiger partial charge on any atom is 0.162 e. The first-order valence-corrected chi connectivity index (χ1v) is 4.46. The minimum absolute atomic E-state index is 0.0254. The lowest BCUT2D eigenvalue weighted by molar-refractivity contribution is -0.143. The summed E-state index contributed by atoms with van der Waals surface area (Å²) in [4.78, 5) is 11.3. The summed E-state index contributed by atoms with van der Waals surface area (Å²) in [6, 6.07) is 1.63. The number of carbonyl (C=O) groups excluding carboxylic acids is 1. The maximum absolute atomic E-state index is 11.3. The summed E-state index contributed by atoms with van der Waals surface area (Å²) < 4.78 is 7.08. The fourth-order valence-corrected chi connectivity index (χ4v) is 1.60. The van der Waals surface area contributed by atoms with Crippen LogP contribution in [0.3, 0.4) is 0 Å². The highest BCUT2D eigenvalue weighted by molar-refractivity contribution is 5.89. The first kappa shape index (κ1) is 8.44. The van der Waals surface area contributed by atoms with Crippen LogP contribution in [0.5, 0.6) is 0 Å². The second-order valence-electron chi connectivity index (χ2n) is 3.10. The number of ether oxygens (including phenoxy) is 1. The largest absolute Gasteiger partial charge is 0.375 e. The third-order valence-electron chi connectivity index (χ3n) is 2.28. The average molecular weight is 180 g/mol. The summed E-state index contributed by atoms with van der Waals surface area (Å²) >= 11 is 0. The van der Waals surface area contributed by atoms with Crippen LogP contribution in [0.25, 0.3) is 0 Å². The van der Waals surface area contributed by atoms with Gasteiger partial charge in [-0.1, -0.05) is 0 Å². The molecule has 70 valence electrons. The van der Waals surface area contributed by atoms with Gasteiger partial charge in [0, 0.05) is 25.4 Å². The van der Waals surface area contributed by atoms with E-state index in [0.717, 1.165) is 0 Å². The van der Waals surface area contributed by atoms with Gasteiger partial charge in [0.25, 0.3) is 0 Å². The van der Waals surface area contributed by atoms with Crippen LogP contribution >= 0.6 is 0 Å². The van der Waals surface area contributed by atoms with Crippen LogP contribution in [0.15, 0.2) is 18.5 Å². The second-order valence-corrected chi connectivity index (χ2v) is 3.10. The number of hydrogen-bond donors (Lipinski definition) is 0. The Labute approximate surface area is 76.5 Å². The van der Waals surface area contributed by atoms with E-state index in [1.54, 1.807) is 17.1 Å². The van der Waals surface area contributed by atoms with Gasteiger partial charge in [0.05, 0.1) is 6.10 Å². The third-order valence-corrected chi connectivity index (χ3v) is 2.28. The number of Topliss-reactive ketones (excluding diaryl/α,β-unsaturated/α-hetero) is 1. The monoisotopic (exact) mass is 180 g/mol. The molecule has 1 fully saturated rings. The van der Waals surface area contributed by atoms with Gasteiger partial charge in [-0.3, -0.25) is 9.48 Å². The fraction of sp³-hybridized carbons (Fsp3) is 0.556. The summed E-state index contributed by atoms with van der Waals surface area (Å²) in [6.45, 7) is 2.58. The van der Waals surface area contributed by atoms with Crippen molar-refractivity contribution in [1.29, 1.82) is 0 Å². The highest BCUT2D eigenvalue weighted by Crippen LogP contribution is 2.30. The highest BCUT2D eigenvalue weighted by Gasteiger charge is 2.42. The van der Waals surface area contributed by atoms with Crippen molar-refractivity contribution in [1.82, 2.24) is 9.78 Å². The molecule has 0 unspecified atom stereocenters. The molecule has 0 amide bonds. The average Bonchev–Trinajstić information content (AvgIpc) is 2.56. The van der Waals surface area contributed by atoms with Crippen LogP contribution in [-0.4, -0.2) is 28.3 Å². The van der Waals surface area contributed by atoms with Crippen LogP contribution in [-0.2, 0) is 9.53 Å². The van der Waals surface area contributed by atoms with Crippen molar-refractivity contribution in [2.75, 3.05) is 6.61 Å². The molecular formula is C9H12N2O2. The Kier molecular flexibility index (Phi) is 2.14. The zero-order valence-electron chi connectivity index (χ0n) is 7.51. The van der Waals surface area contributed by atoms with E-state index in [0.29, 0.717) is 13.0 Å². The predicted molar refractivity (Wildman–Crippen MR) is 46.3 cm³/mol. The molecule has 0 radical (unpaired) electrons. The first-order chi connectivity index (χ1) is 6.33. The first-order valence-electron chi connectivity index (χ1n) is 4.46. The molecule has 0 spiro atoms. The van der Waals surface area contributed by atoms with E-state index in [1.165, 1.54) is 0 Å². The zero-order valence-corrected chi connectivity index (χ0v) is 7.51. The van der Waals surface area contributed by atoms with Gasteiger partial charge in [0.1, 0.15) is 6.04 Å². The molecule has 1 heterocycles. The van der Waals surface area contributed by atoms with E-state index in [2.05, 4.69) is 5.10 Å². The fourth-order valence-electron chi connectivity index (χ4n) is 1.60. The zero-order chi connectivity index (χ0) is 9.26. The van der Waals surface area contributed by atoms with E-state index in [1.807, 2.05) is 13.0 Å². The van der Waals surface area contributed by atoms with Gasteiger partial charge < -0.3 is 4.74 Å². The lowest BCUT2D eigenvalue weighted by Crippen LogP contribution is -2.45. The third kappa shape index (κ3) is 1.37. The van der Waals surface area contributed by atoms with Crippen LogP contribution in [0.1, 0.15) is 19.4 Å². The van der Waals surface area contributed by atoms with Gasteiger partial charge in [-0.05, 0) is 13.0 Å². The van der Waals surface area contributed by atoms with E-state index in [-0.39, 0.29) is 17.9 Å². The molecule has 4 heteroatoms. The standard InChI is InChI=1S/C9H12N2O2/c1-2-13-8-6-7(12)9(8)11-5-3-4-10-11/h3-5,8-9H,2,6H2,1H3/t8-,9-/m0/s1. The van der Waals surface area contributed by atoms with Gasteiger partial charge in [-0.2, -0.15) is 5.10 Å². The molecule has 1 aliphatic carbocycles. The molecule has 0 bridgehead atoms. The number of aromatic nitrogens is 2. The Morgan fingerprint density at radius 3 is 3.15 bits per heavy atom. The number of hydrogen-bond acceptors (Lipinski definition) is 3. The minimum Gasteiger partial charge on any atom is -0.375 e. The predicted octanol–water partition coefficient (Wildman–Crippen LogP) is 0.802. The molecule has 4 nitrogen and oxygen atoms in total. The molecule has 1 aliphatic rings. The van der Waals surface area contributed by atoms with Gasteiger partial charge >= 0.3 is 0 Å². The molecule has 0 aromatic carbocycles. The summed E-state index contributed by atoms with van der Waals surface area (Å²) in [5.74, 6) is 0.210.